The highest BCUT2D eigenvalue weighted by atomic mass is 32.2. The highest BCUT2D eigenvalue weighted by molar-refractivity contribution is 7.84. The summed E-state index contributed by atoms with van der Waals surface area (Å²) in [6.45, 7) is 2.59. The summed E-state index contributed by atoms with van der Waals surface area (Å²) in [6, 6.07) is -0.627. The Balaban J connectivity index is 3.67. The summed E-state index contributed by atoms with van der Waals surface area (Å²) in [5, 5.41) is 2.76. The topological polar surface area (TPSA) is 81.4 Å². The van der Waals surface area contributed by atoms with Crippen molar-refractivity contribution in [3.8, 4) is 0 Å². The van der Waals surface area contributed by atoms with E-state index in [2.05, 4.69) is 5.32 Å². The molecule has 0 saturated heterocycles. The van der Waals surface area contributed by atoms with E-state index in [0.29, 0.717) is 13.0 Å². The van der Waals surface area contributed by atoms with E-state index in [1.54, 1.807) is 6.26 Å². The number of nitrogens with two attached hydrogens (primary N) is 1. The number of methoxy groups -OCH3 is 1. The Morgan fingerprint density at radius 1 is 1.60 bits per heavy atom. The molecule has 0 aromatic rings. The lowest BCUT2D eigenvalue weighted by atomic mass is 10.3. The van der Waals surface area contributed by atoms with Gasteiger partial charge in [-0.1, -0.05) is 6.92 Å². The Labute approximate surface area is 93.2 Å². The lowest BCUT2D eigenvalue weighted by Gasteiger charge is -2.12. The molecule has 0 aliphatic carbocycles. The molecule has 0 saturated carbocycles. The molecule has 3 unspecified atom stereocenters. The summed E-state index contributed by atoms with van der Waals surface area (Å²) in [5.41, 5.74) is 5.51. The van der Waals surface area contributed by atoms with Crippen molar-refractivity contribution in [2.75, 3.05) is 26.5 Å². The molecule has 0 aliphatic rings. The summed E-state index contributed by atoms with van der Waals surface area (Å²) < 4.78 is 15.8. The maximum atomic E-state index is 11.3. The van der Waals surface area contributed by atoms with Crippen LogP contribution >= 0.6 is 0 Å². The predicted octanol–water partition coefficient (Wildman–Crippen LogP) is -0.767. The largest absolute Gasteiger partial charge is 0.383 e. The Morgan fingerprint density at radius 2 is 2.20 bits per heavy atom. The molecule has 0 fully saturated rings. The number of amides is 1. The van der Waals surface area contributed by atoms with Gasteiger partial charge in [-0.2, -0.15) is 0 Å². The van der Waals surface area contributed by atoms with E-state index < -0.39 is 16.8 Å². The highest BCUT2D eigenvalue weighted by Gasteiger charge is 2.13. The SMILES string of the molecule is COCC(N)C(=O)NCCC(C)S(C)=O. The number of ether oxygens (including phenoxy) is 1. The molecule has 0 aliphatic heterocycles. The van der Waals surface area contributed by atoms with Gasteiger partial charge in [-0.25, -0.2) is 0 Å². The van der Waals surface area contributed by atoms with Crippen molar-refractivity contribution in [3.63, 3.8) is 0 Å². The van der Waals surface area contributed by atoms with Crippen LogP contribution in [0.3, 0.4) is 0 Å². The second kappa shape index (κ2) is 7.78. The zero-order valence-corrected chi connectivity index (χ0v) is 10.3. The van der Waals surface area contributed by atoms with E-state index in [9.17, 15) is 9.00 Å². The first kappa shape index (κ1) is 14.5. The summed E-state index contributed by atoms with van der Waals surface area (Å²) in [6.07, 6.45) is 2.34. The van der Waals surface area contributed by atoms with Crippen molar-refractivity contribution in [1.29, 1.82) is 0 Å². The van der Waals surface area contributed by atoms with E-state index in [1.165, 1.54) is 7.11 Å². The van der Waals surface area contributed by atoms with E-state index >= 15 is 0 Å². The Bertz CT molecular complexity index is 223. The monoisotopic (exact) mass is 236 g/mol. The van der Waals surface area contributed by atoms with Gasteiger partial charge >= 0.3 is 0 Å². The van der Waals surface area contributed by atoms with Crippen molar-refractivity contribution < 1.29 is 13.7 Å². The normalized spacial score (nSPS) is 16.8. The average Bonchev–Trinajstić information content (AvgIpc) is 2.17. The molecule has 3 N–H and O–H groups in total. The lowest BCUT2D eigenvalue weighted by Crippen LogP contribution is -2.44. The van der Waals surface area contributed by atoms with Crippen molar-refractivity contribution >= 4 is 16.7 Å². The second-order valence-electron chi connectivity index (χ2n) is 3.45. The standard InChI is InChI=1S/C9H20N2O3S/c1-7(15(3)13)4-5-11-9(12)8(10)6-14-2/h7-8H,4-6,10H2,1-3H3,(H,11,12). The number of carbonyl (C=O) groups is 1. The third-order valence-electron chi connectivity index (χ3n) is 2.10. The zero-order valence-electron chi connectivity index (χ0n) is 9.49. The van der Waals surface area contributed by atoms with Gasteiger partial charge in [0.25, 0.3) is 0 Å². The van der Waals surface area contributed by atoms with Crippen LogP contribution in [0.2, 0.25) is 0 Å². The molecule has 90 valence electrons. The Morgan fingerprint density at radius 3 is 2.67 bits per heavy atom. The maximum absolute atomic E-state index is 11.3. The minimum atomic E-state index is -0.846. The Kier molecular flexibility index (Phi) is 7.54. The molecule has 3 atom stereocenters. The van der Waals surface area contributed by atoms with Crippen molar-refractivity contribution in [2.24, 2.45) is 5.73 Å². The maximum Gasteiger partial charge on any atom is 0.239 e. The van der Waals surface area contributed by atoms with Crippen molar-refractivity contribution in [3.05, 3.63) is 0 Å². The number of nitrogens with one attached hydrogen (secondary N) is 1. The zero-order chi connectivity index (χ0) is 11.8. The van der Waals surface area contributed by atoms with Gasteiger partial charge < -0.3 is 15.8 Å². The molecule has 0 spiro atoms. The van der Waals surface area contributed by atoms with Crippen LogP contribution in [0.25, 0.3) is 0 Å². The second-order valence-corrected chi connectivity index (χ2v) is 5.25. The van der Waals surface area contributed by atoms with Crippen LogP contribution in [0.1, 0.15) is 13.3 Å². The predicted molar refractivity (Wildman–Crippen MR) is 61.0 cm³/mol. The molecule has 0 aromatic heterocycles. The van der Waals surface area contributed by atoms with Gasteiger partial charge in [0.1, 0.15) is 6.04 Å². The van der Waals surface area contributed by atoms with Crippen LogP contribution in [0, 0.1) is 0 Å². The molecule has 6 heteroatoms. The fraction of sp³-hybridized carbons (Fsp3) is 0.889. The van der Waals surface area contributed by atoms with Gasteiger partial charge in [-0.15, -0.1) is 0 Å². The quantitative estimate of drug-likeness (QED) is 0.608. The smallest absolute Gasteiger partial charge is 0.239 e. The molecule has 5 nitrogen and oxygen atoms in total. The molecule has 0 heterocycles. The van der Waals surface area contributed by atoms with Crippen molar-refractivity contribution in [2.45, 2.75) is 24.6 Å². The van der Waals surface area contributed by atoms with Crippen LogP contribution in [-0.2, 0) is 20.3 Å². The molecule has 0 bridgehead atoms. The minimum absolute atomic E-state index is 0.0870. The van der Waals surface area contributed by atoms with E-state index in [-0.39, 0.29) is 17.8 Å². The molecule has 1 amide bonds. The molecular formula is C9H20N2O3S. The minimum Gasteiger partial charge on any atom is -0.383 e. The van der Waals surface area contributed by atoms with Crippen LogP contribution in [0.15, 0.2) is 0 Å². The number of rotatable bonds is 7. The van der Waals surface area contributed by atoms with E-state index in [4.69, 9.17) is 10.5 Å². The van der Waals surface area contributed by atoms with Gasteiger partial charge in [0.2, 0.25) is 5.91 Å². The Hall–Kier alpha value is -0.460. The fourth-order valence-electron chi connectivity index (χ4n) is 0.951. The number of hydrogen-bond donors (Lipinski definition) is 2. The molecule has 0 radical (unpaired) electrons. The van der Waals surface area contributed by atoms with Crippen LogP contribution < -0.4 is 11.1 Å². The van der Waals surface area contributed by atoms with E-state index in [0.717, 1.165) is 0 Å². The molecular weight excluding hydrogens is 216 g/mol. The third-order valence-corrected chi connectivity index (χ3v) is 3.47. The van der Waals surface area contributed by atoms with Crippen LogP contribution in [-0.4, -0.2) is 47.9 Å². The van der Waals surface area contributed by atoms with Crippen molar-refractivity contribution in [1.82, 2.24) is 5.32 Å². The molecule has 0 aromatic carbocycles. The third kappa shape index (κ3) is 6.59. The first-order valence-corrected chi connectivity index (χ1v) is 6.45. The molecule has 15 heavy (non-hydrogen) atoms. The van der Waals surface area contributed by atoms with E-state index in [1.807, 2.05) is 6.92 Å². The number of carbonyl (C=O) groups excluding carboxylic acids is 1. The summed E-state index contributed by atoms with van der Waals surface area (Å²) in [5.74, 6) is -0.231. The summed E-state index contributed by atoms with van der Waals surface area (Å²) in [4.78, 5) is 11.3. The first-order valence-electron chi connectivity index (χ1n) is 4.83. The summed E-state index contributed by atoms with van der Waals surface area (Å²) >= 11 is 0. The fourth-order valence-corrected chi connectivity index (χ4v) is 1.40. The van der Waals surface area contributed by atoms with Gasteiger partial charge in [-0.05, 0) is 6.42 Å². The first-order chi connectivity index (χ1) is 6.99. The average molecular weight is 236 g/mol. The van der Waals surface area contributed by atoms with Gasteiger partial charge in [-0.3, -0.25) is 9.00 Å². The van der Waals surface area contributed by atoms with Crippen LogP contribution in [0.4, 0.5) is 0 Å². The summed E-state index contributed by atoms with van der Waals surface area (Å²) in [7, 11) is 0.649. The van der Waals surface area contributed by atoms with Crippen LogP contribution in [0.5, 0.6) is 0 Å². The van der Waals surface area contributed by atoms with Gasteiger partial charge in [0, 0.05) is 36.0 Å². The van der Waals surface area contributed by atoms with Gasteiger partial charge in [0.05, 0.1) is 6.61 Å². The highest BCUT2D eigenvalue weighted by Crippen LogP contribution is 1.97. The van der Waals surface area contributed by atoms with Gasteiger partial charge in [0.15, 0.2) is 0 Å². The number of hydrogen-bond acceptors (Lipinski definition) is 4. The lowest BCUT2D eigenvalue weighted by molar-refractivity contribution is -0.123. The molecule has 0 rings (SSSR count).